The molecule has 1 heterocycles. The van der Waals surface area contributed by atoms with Crippen LogP contribution in [0.5, 0.6) is 0 Å². The number of aromatic nitrogens is 1. The molecule has 1 aromatic carbocycles. The van der Waals surface area contributed by atoms with Crippen LogP contribution in [0.15, 0.2) is 42.5 Å². The van der Waals surface area contributed by atoms with Crippen LogP contribution in [-0.4, -0.2) is 23.3 Å². The zero-order chi connectivity index (χ0) is 20.0. The van der Waals surface area contributed by atoms with Crippen molar-refractivity contribution < 1.29 is 22.8 Å². The van der Waals surface area contributed by atoms with Crippen LogP contribution in [0, 0.1) is 5.92 Å². The summed E-state index contributed by atoms with van der Waals surface area (Å²) in [6, 6.07) is 8.87. The molecule has 2 aromatic rings. The Morgan fingerprint density at radius 3 is 2.26 bits per heavy atom. The van der Waals surface area contributed by atoms with Gasteiger partial charge in [-0.2, -0.15) is 13.2 Å². The number of alkyl halides is 3. The highest BCUT2D eigenvalue weighted by Crippen LogP contribution is 2.34. The number of anilines is 1. The molecule has 0 bridgehead atoms. The largest absolute Gasteiger partial charge is 0.418 e. The van der Waals surface area contributed by atoms with Crippen LogP contribution in [0.3, 0.4) is 0 Å². The van der Waals surface area contributed by atoms with E-state index < -0.39 is 23.6 Å². The average Bonchev–Trinajstić information content (AvgIpc) is 2.61. The molecule has 0 fully saturated rings. The zero-order valence-corrected chi connectivity index (χ0v) is 14.9. The standard InChI is InChI=1S/C19H20F3N3O2/c1-12(2)10-11-23-17(26)15-8-5-9-16(24-15)18(27)25-14-7-4-3-6-13(14)19(20,21)22/h3-9,12H,10-11H2,1-2H3,(H,23,26)(H,25,27). The van der Waals surface area contributed by atoms with Crippen LogP contribution in [0.4, 0.5) is 18.9 Å². The number of nitrogens with zero attached hydrogens (tertiary/aromatic N) is 1. The maximum Gasteiger partial charge on any atom is 0.418 e. The Morgan fingerprint density at radius 2 is 1.63 bits per heavy atom. The number of carbonyl (C=O) groups excluding carboxylic acids is 2. The second-order valence-electron chi connectivity index (χ2n) is 6.34. The SMILES string of the molecule is CC(C)CCNC(=O)c1cccc(C(=O)Nc2ccccc2C(F)(F)F)n1. The van der Waals surface area contributed by atoms with E-state index in [0.29, 0.717) is 12.5 Å². The Kier molecular flexibility index (Phi) is 6.55. The molecular formula is C19H20F3N3O2. The zero-order valence-electron chi connectivity index (χ0n) is 14.9. The van der Waals surface area contributed by atoms with E-state index in [1.807, 2.05) is 13.8 Å². The van der Waals surface area contributed by atoms with E-state index in [9.17, 15) is 22.8 Å². The number of para-hydroxylation sites is 1. The molecule has 0 saturated heterocycles. The molecule has 2 rings (SSSR count). The maximum absolute atomic E-state index is 13.0. The summed E-state index contributed by atoms with van der Waals surface area (Å²) in [6.07, 6.45) is -3.81. The molecular weight excluding hydrogens is 359 g/mol. The van der Waals surface area contributed by atoms with E-state index >= 15 is 0 Å². The fraction of sp³-hybridized carbons (Fsp3) is 0.316. The third-order valence-corrected chi connectivity index (χ3v) is 3.70. The fourth-order valence-corrected chi connectivity index (χ4v) is 2.28. The van der Waals surface area contributed by atoms with Gasteiger partial charge in [-0.1, -0.05) is 32.0 Å². The quantitative estimate of drug-likeness (QED) is 0.793. The Labute approximate surface area is 155 Å². The normalized spacial score (nSPS) is 11.3. The molecule has 0 unspecified atom stereocenters. The Bertz CT molecular complexity index is 820. The van der Waals surface area contributed by atoms with Gasteiger partial charge in [0.2, 0.25) is 0 Å². The van der Waals surface area contributed by atoms with Crippen LogP contribution in [-0.2, 0) is 6.18 Å². The molecule has 27 heavy (non-hydrogen) atoms. The van der Waals surface area contributed by atoms with Crippen molar-refractivity contribution >= 4 is 17.5 Å². The molecule has 2 N–H and O–H groups in total. The van der Waals surface area contributed by atoms with Crippen LogP contribution in [0.1, 0.15) is 46.8 Å². The minimum absolute atomic E-state index is 0.0236. The number of pyridine rings is 1. The summed E-state index contributed by atoms with van der Waals surface area (Å²) in [5, 5.41) is 4.90. The summed E-state index contributed by atoms with van der Waals surface area (Å²) in [6.45, 7) is 4.51. The Balaban J connectivity index is 2.13. The van der Waals surface area contributed by atoms with Crippen molar-refractivity contribution in [1.82, 2.24) is 10.3 Å². The molecule has 0 aliphatic rings. The van der Waals surface area contributed by atoms with Crippen LogP contribution in [0.25, 0.3) is 0 Å². The number of benzene rings is 1. The highest BCUT2D eigenvalue weighted by atomic mass is 19.4. The van der Waals surface area contributed by atoms with Crippen molar-refractivity contribution in [2.24, 2.45) is 5.92 Å². The predicted octanol–water partition coefficient (Wildman–Crippen LogP) is 4.13. The van der Waals surface area contributed by atoms with Gasteiger partial charge < -0.3 is 10.6 Å². The van der Waals surface area contributed by atoms with Gasteiger partial charge in [-0.25, -0.2) is 4.98 Å². The first-order chi connectivity index (χ1) is 12.7. The van der Waals surface area contributed by atoms with Crippen LogP contribution >= 0.6 is 0 Å². The van der Waals surface area contributed by atoms with E-state index in [4.69, 9.17) is 0 Å². The first kappa shape index (κ1) is 20.4. The minimum atomic E-state index is -4.60. The van der Waals surface area contributed by atoms with Crippen molar-refractivity contribution in [2.45, 2.75) is 26.4 Å². The summed E-state index contributed by atoms with van der Waals surface area (Å²) in [5.74, 6) is -0.853. The van der Waals surface area contributed by atoms with Gasteiger partial charge in [0, 0.05) is 6.54 Å². The smallest absolute Gasteiger partial charge is 0.351 e. The topological polar surface area (TPSA) is 71.1 Å². The molecule has 2 amide bonds. The number of hydrogen-bond acceptors (Lipinski definition) is 3. The predicted molar refractivity (Wildman–Crippen MR) is 95.4 cm³/mol. The van der Waals surface area contributed by atoms with E-state index in [-0.39, 0.29) is 17.1 Å². The lowest BCUT2D eigenvalue weighted by Crippen LogP contribution is -2.27. The Morgan fingerprint density at radius 1 is 1.00 bits per heavy atom. The molecule has 0 spiro atoms. The van der Waals surface area contributed by atoms with Crippen molar-refractivity contribution in [3.63, 3.8) is 0 Å². The van der Waals surface area contributed by atoms with Gasteiger partial charge in [0.05, 0.1) is 11.3 Å². The van der Waals surface area contributed by atoms with Gasteiger partial charge in [0.25, 0.3) is 11.8 Å². The van der Waals surface area contributed by atoms with Crippen LogP contribution in [0.2, 0.25) is 0 Å². The molecule has 8 heteroatoms. The number of hydrogen-bond donors (Lipinski definition) is 2. The fourth-order valence-electron chi connectivity index (χ4n) is 2.28. The number of nitrogens with one attached hydrogen (secondary N) is 2. The monoisotopic (exact) mass is 379 g/mol. The lowest BCUT2D eigenvalue weighted by atomic mass is 10.1. The minimum Gasteiger partial charge on any atom is -0.351 e. The molecule has 144 valence electrons. The summed E-state index contributed by atoms with van der Waals surface area (Å²) in [7, 11) is 0. The number of carbonyl (C=O) groups is 2. The van der Waals surface area contributed by atoms with E-state index in [0.717, 1.165) is 18.6 Å². The lowest BCUT2D eigenvalue weighted by Gasteiger charge is -2.13. The average molecular weight is 379 g/mol. The van der Waals surface area contributed by atoms with Gasteiger partial charge in [-0.05, 0) is 36.6 Å². The van der Waals surface area contributed by atoms with Crippen molar-refractivity contribution in [3.8, 4) is 0 Å². The third-order valence-electron chi connectivity index (χ3n) is 3.70. The molecule has 0 aliphatic carbocycles. The summed E-state index contributed by atoms with van der Waals surface area (Å²) >= 11 is 0. The van der Waals surface area contributed by atoms with Gasteiger partial charge in [-0.15, -0.1) is 0 Å². The summed E-state index contributed by atoms with van der Waals surface area (Å²) in [4.78, 5) is 28.3. The molecule has 5 nitrogen and oxygen atoms in total. The molecule has 0 aliphatic heterocycles. The highest BCUT2D eigenvalue weighted by Gasteiger charge is 2.33. The summed E-state index contributed by atoms with van der Waals surface area (Å²) < 4.78 is 39.1. The lowest BCUT2D eigenvalue weighted by molar-refractivity contribution is -0.136. The summed E-state index contributed by atoms with van der Waals surface area (Å²) in [5.41, 5.74) is -1.46. The second-order valence-corrected chi connectivity index (χ2v) is 6.34. The first-order valence-electron chi connectivity index (χ1n) is 8.41. The highest BCUT2D eigenvalue weighted by molar-refractivity contribution is 6.04. The van der Waals surface area contributed by atoms with Gasteiger partial charge >= 0.3 is 6.18 Å². The van der Waals surface area contributed by atoms with E-state index in [1.165, 1.54) is 30.3 Å². The van der Waals surface area contributed by atoms with Crippen molar-refractivity contribution in [3.05, 3.63) is 59.4 Å². The maximum atomic E-state index is 13.0. The van der Waals surface area contributed by atoms with E-state index in [1.54, 1.807) is 0 Å². The number of amides is 2. The van der Waals surface area contributed by atoms with E-state index in [2.05, 4.69) is 15.6 Å². The third kappa shape index (κ3) is 5.80. The first-order valence-corrected chi connectivity index (χ1v) is 8.41. The second kappa shape index (κ2) is 8.66. The molecule has 0 radical (unpaired) electrons. The molecule has 1 aromatic heterocycles. The van der Waals surface area contributed by atoms with Crippen molar-refractivity contribution in [1.29, 1.82) is 0 Å². The van der Waals surface area contributed by atoms with Gasteiger partial charge in [0.15, 0.2) is 0 Å². The molecule has 0 saturated carbocycles. The van der Waals surface area contributed by atoms with Crippen molar-refractivity contribution in [2.75, 3.05) is 11.9 Å². The van der Waals surface area contributed by atoms with Gasteiger partial charge in [0.1, 0.15) is 11.4 Å². The number of halogens is 3. The van der Waals surface area contributed by atoms with Gasteiger partial charge in [-0.3, -0.25) is 9.59 Å². The number of rotatable bonds is 6. The Hall–Kier alpha value is -2.90. The van der Waals surface area contributed by atoms with Crippen LogP contribution < -0.4 is 10.6 Å². The molecule has 0 atom stereocenters.